The Morgan fingerprint density at radius 2 is 1.68 bits per heavy atom. The molecule has 5 heteroatoms. The molecule has 0 saturated carbocycles. The highest BCUT2D eigenvalue weighted by Gasteiger charge is 2.27. The van der Waals surface area contributed by atoms with Gasteiger partial charge in [0.05, 0.1) is 0 Å². The zero-order chi connectivity index (χ0) is 15.5. The van der Waals surface area contributed by atoms with Crippen LogP contribution in [0.25, 0.3) is 10.2 Å². The first kappa shape index (κ1) is 14.4. The van der Waals surface area contributed by atoms with Gasteiger partial charge in [-0.2, -0.15) is 4.57 Å². The minimum absolute atomic E-state index is 0.357. The number of Topliss-reactive ketones (excluding diaryl/α,β-unsaturated/α-hetero) is 1. The lowest BCUT2D eigenvalue weighted by atomic mass is 10.2. The van der Waals surface area contributed by atoms with Gasteiger partial charge in [-0.05, 0) is 6.07 Å². The van der Waals surface area contributed by atoms with Crippen molar-refractivity contribution in [3.05, 3.63) is 65.2 Å². The predicted molar refractivity (Wildman–Crippen MR) is 84.1 cm³/mol. The molecule has 0 atom stereocenters. The first-order valence-electron chi connectivity index (χ1n) is 6.85. The van der Waals surface area contributed by atoms with Gasteiger partial charge in [-0.1, -0.05) is 53.8 Å². The minimum Gasteiger partial charge on any atom is -0.481 e. The molecular formula is C17H14NO3S+. The molecule has 0 aliphatic rings. The SMILES string of the molecule is O=C(O)CC(=O)c1sc2ccccc2[n+]1Cc1ccccc1. The van der Waals surface area contributed by atoms with Crippen molar-refractivity contribution in [1.82, 2.24) is 0 Å². The molecule has 22 heavy (non-hydrogen) atoms. The number of benzene rings is 2. The molecule has 110 valence electrons. The highest BCUT2D eigenvalue weighted by atomic mass is 32.1. The van der Waals surface area contributed by atoms with Crippen LogP contribution in [0.4, 0.5) is 0 Å². The molecule has 0 aliphatic carbocycles. The number of carbonyl (C=O) groups is 2. The number of carboxylic acids is 1. The lowest BCUT2D eigenvalue weighted by molar-refractivity contribution is -0.659. The van der Waals surface area contributed by atoms with Crippen molar-refractivity contribution in [2.75, 3.05) is 0 Å². The van der Waals surface area contributed by atoms with Crippen LogP contribution in [0.15, 0.2) is 54.6 Å². The number of aromatic nitrogens is 1. The molecule has 3 rings (SSSR count). The van der Waals surface area contributed by atoms with E-state index < -0.39 is 12.4 Å². The van der Waals surface area contributed by atoms with Crippen molar-refractivity contribution in [3.63, 3.8) is 0 Å². The second kappa shape index (κ2) is 6.07. The molecule has 0 saturated heterocycles. The lowest BCUT2D eigenvalue weighted by Crippen LogP contribution is -2.39. The van der Waals surface area contributed by atoms with E-state index in [1.165, 1.54) is 11.3 Å². The van der Waals surface area contributed by atoms with E-state index >= 15 is 0 Å². The third kappa shape index (κ3) is 2.89. The standard InChI is InChI=1S/C17H13NO3S/c19-14(10-16(20)21)17-18(11-12-6-2-1-3-7-12)13-8-4-5-9-15(13)22-17/h1-9H,10-11H2/p+1. The number of fused-ring (bicyclic) bond motifs is 1. The number of hydrogen-bond donors (Lipinski definition) is 1. The summed E-state index contributed by atoms with van der Waals surface area (Å²) >= 11 is 1.34. The Hall–Kier alpha value is -2.53. The van der Waals surface area contributed by atoms with Crippen molar-refractivity contribution < 1.29 is 19.3 Å². The average Bonchev–Trinajstić information content (AvgIpc) is 2.87. The molecule has 0 amide bonds. The maximum atomic E-state index is 12.2. The molecule has 3 aromatic rings. The second-order valence-electron chi connectivity index (χ2n) is 4.94. The molecule has 0 bridgehead atoms. The zero-order valence-electron chi connectivity index (χ0n) is 11.7. The van der Waals surface area contributed by atoms with Crippen molar-refractivity contribution >= 4 is 33.3 Å². The van der Waals surface area contributed by atoms with E-state index in [0.717, 1.165) is 15.8 Å². The molecular weight excluding hydrogens is 298 g/mol. The number of thiazole rings is 1. The Morgan fingerprint density at radius 1 is 1.00 bits per heavy atom. The molecule has 1 heterocycles. The van der Waals surface area contributed by atoms with Gasteiger partial charge in [0, 0.05) is 11.6 Å². The smallest absolute Gasteiger partial charge is 0.311 e. The van der Waals surface area contributed by atoms with Crippen molar-refractivity contribution in [2.45, 2.75) is 13.0 Å². The molecule has 0 fully saturated rings. The summed E-state index contributed by atoms with van der Waals surface area (Å²) in [5.74, 6) is -1.46. The Bertz CT molecular complexity index is 839. The van der Waals surface area contributed by atoms with Gasteiger partial charge >= 0.3 is 11.0 Å². The fourth-order valence-electron chi connectivity index (χ4n) is 2.38. The summed E-state index contributed by atoms with van der Waals surface area (Å²) in [5, 5.41) is 9.35. The van der Waals surface area contributed by atoms with Gasteiger partial charge in [0.2, 0.25) is 11.3 Å². The topological polar surface area (TPSA) is 58.2 Å². The highest BCUT2D eigenvalue weighted by Crippen LogP contribution is 2.22. The molecule has 0 aliphatic heterocycles. The Labute approximate surface area is 131 Å². The predicted octanol–water partition coefficient (Wildman–Crippen LogP) is 2.89. The summed E-state index contributed by atoms with van der Waals surface area (Å²) in [4.78, 5) is 23.1. The number of rotatable bonds is 5. The Morgan fingerprint density at radius 3 is 2.41 bits per heavy atom. The number of hydrogen-bond acceptors (Lipinski definition) is 3. The third-order valence-corrected chi connectivity index (χ3v) is 4.55. The number of aliphatic carboxylic acids is 1. The first-order chi connectivity index (χ1) is 10.6. The fraction of sp³-hybridized carbons (Fsp3) is 0.118. The molecule has 1 aromatic heterocycles. The van der Waals surface area contributed by atoms with Crippen LogP contribution in [0.3, 0.4) is 0 Å². The lowest BCUT2D eigenvalue weighted by Gasteiger charge is -1.99. The molecule has 0 spiro atoms. The largest absolute Gasteiger partial charge is 0.481 e. The summed E-state index contributed by atoms with van der Waals surface area (Å²) in [6, 6.07) is 17.5. The Balaban J connectivity index is 2.09. The monoisotopic (exact) mass is 312 g/mol. The van der Waals surface area contributed by atoms with Crippen molar-refractivity contribution in [3.8, 4) is 0 Å². The number of nitrogens with zero attached hydrogens (tertiary/aromatic N) is 1. The van der Waals surface area contributed by atoms with Gasteiger partial charge in [0.1, 0.15) is 11.1 Å². The minimum atomic E-state index is -1.10. The summed E-state index contributed by atoms with van der Waals surface area (Å²) in [5.41, 5.74) is 2.02. The van der Waals surface area contributed by atoms with E-state index in [9.17, 15) is 9.59 Å². The normalized spacial score (nSPS) is 10.7. The zero-order valence-corrected chi connectivity index (χ0v) is 12.5. The summed E-state index contributed by atoms with van der Waals surface area (Å²) in [6.07, 6.45) is -0.485. The Kier molecular flexibility index (Phi) is 3.98. The van der Waals surface area contributed by atoms with Crippen LogP contribution in [-0.4, -0.2) is 16.9 Å². The second-order valence-corrected chi connectivity index (χ2v) is 5.97. The van der Waals surface area contributed by atoms with E-state index in [1.807, 2.05) is 59.2 Å². The van der Waals surface area contributed by atoms with Crippen LogP contribution >= 0.6 is 11.3 Å². The van der Waals surface area contributed by atoms with Gasteiger partial charge in [-0.3, -0.25) is 9.59 Å². The summed E-state index contributed by atoms with van der Waals surface area (Å²) < 4.78 is 2.88. The fourth-order valence-corrected chi connectivity index (χ4v) is 3.48. The van der Waals surface area contributed by atoms with Crippen LogP contribution in [0, 0.1) is 0 Å². The average molecular weight is 312 g/mol. The van der Waals surface area contributed by atoms with Gasteiger partial charge in [-0.15, -0.1) is 0 Å². The van der Waals surface area contributed by atoms with E-state index in [4.69, 9.17) is 5.11 Å². The van der Waals surface area contributed by atoms with E-state index in [2.05, 4.69) is 0 Å². The number of carbonyl (C=O) groups excluding carboxylic acids is 1. The van der Waals surface area contributed by atoms with Gasteiger partial charge in [0.15, 0.2) is 6.54 Å². The number of para-hydroxylation sites is 1. The summed E-state index contributed by atoms with van der Waals surface area (Å²) in [6.45, 7) is 0.547. The molecule has 1 N–H and O–H groups in total. The van der Waals surface area contributed by atoms with Crippen LogP contribution in [-0.2, 0) is 11.3 Å². The number of carboxylic acid groups (broad SMARTS) is 1. The first-order valence-corrected chi connectivity index (χ1v) is 7.67. The van der Waals surface area contributed by atoms with Crippen LogP contribution in [0.5, 0.6) is 0 Å². The van der Waals surface area contributed by atoms with Gasteiger partial charge in [-0.25, -0.2) is 0 Å². The molecule has 0 radical (unpaired) electrons. The van der Waals surface area contributed by atoms with E-state index in [-0.39, 0.29) is 5.78 Å². The maximum absolute atomic E-state index is 12.2. The quantitative estimate of drug-likeness (QED) is 0.448. The highest BCUT2D eigenvalue weighted by molar-refractivity contribution is 7.19. The molecule has 2 aromatic carbocycles. The van der Waals surface area contributed by atoms with Gasteiger partial charge < -0.3 is 5.11 Å². The van der Waals surface area contributed by atoms with E-state index in [1.54, 1.807) is 0 Å². The van der Waals surface area contributed by atoms with Gasteiger partial charge in [0.25, 0.3) is 0 Å². The van der Waals surface area contributed by atoms with Crippen molar-refractivity contribution in [1.29, 1.82) is 0 Å². The van der Waals surface area contributed by atoms with E-state index in [0.29, 0.717) is 11.6 Å². The summed E-state index contributed by atoms with van der Waals surface area (Å²) in [7, 11) is 0. The molecule has 0 unspecified atom stereocenters. The van der Waals surface area contributed by atoms with Crippen LogP contribution in [0.2, 0.25) is 0 Å². The maximum Gasteiger partial charge on any atom is 0.311 e. The molecule has 4 nitrogen and oxygen atoms in total. The van der Waals surface area contributed by atoms with Crippen LogP contribution < -0.4 is 4.57 Å². The number of ketones is 1. The third-order valence-electron chi connectivity index (χ3n) is 3.34. The van der Waals surface area contributed by atoms with Crippen molar-refractivity contribution in [2.24, 2.45) is 0 Å². The van der Waals surface area contributed by atoms with Crippen LogP contribution in [0.1, 0.15) is 21.8 Å².